The van der Waals surface area contributed by atoms with Gasteiger partial charge in [-0.05, 0) is 38.5 Å². The first-order valence-corrected chi connectivity index (χ1v) is 10.8. The summed E-state index contributed by atoms with van der Waals surface area (Å²) in [5.41, 5.74) is -0.543. The summed E-state index contributed by atoms with van der Waals surface area (Å²) in [7, 11) is 0. The molecular weight excluding hydrogens is 463 g/mol. The van der Waals surface area contributed by atoms with E-state index in [0.717, 1.165) is 17.0 Å². The maximum Gasteiger partial charge on any atom is 0.411 e. The zero-order valence-corrected chi connectivity index (χ0v) is 19.4. The molecule has 35 heavy (non-hydrogen) atoms. The lowest BCUT2D eigenvalue weighted by molar-refractivity contribution is -0.384. The van der Waals surface area contributed by atoms with Crippen LogP contribution in [0.5, 0.6) is 0 Å². The standard InChI is InChI=1S/C24H25FN2O8/c1-24(2,3)35-23(30)26-13-18(34-21(28)16-9-11-17(12-10-16)27(31)32)19(25)20(26)22(29)33-14-15-7-5-4-6-8-15/h4-12,18-20H,13-14H2,1-3H3/t18-,19+,20-/m0/s1. The van der Waals surface area contributed by atoms with Crippen molar-refractivity contribution in [3.63, 3.8) is 0 Å². The number of nitro groups is 1. The molecule has 1 heterocycles. The van der Waals surface area contributed by atoms with Crippen molar-refractivity contribution in [2.24, 2.45) is 0 Å². The van der Waals surface area contributed by atoms with Gasteiger partial charge < -0.3 is 14.2 Å². The van der Waals surface area contributed by atoms with Crippen LogP contribution in [0.3, 0.4) is 0 Å². The molecule has 0 aliphatic carbocycles. The summed E-state index contributed by atoms with van der Waals surface area (Å²) in [4.78, 5) is 49.0. The number of nitrogens with zero attached hydrogens (tertiary/aromatic N) is 2. The lowest BCUT2D eigenvalue weighted by Gasteiger charge is -2.27. The van der Waals surface area contributed by atoms with Crippen molar-refractivity contribution >= 4 is 23.7 Å². The van der Waals surface area contributed by atoms with E-state index in [1.165, 1.54) is 12.1 Å². The number of esters is 2. The third-order valence-electron chi connectivity index (χ3n) is 5.03. The Kier molecular flexibility index (Phi) is 7.68. The third-order valence-corrected chi connectivity index (χ3v) is 5.03. The number of nitro benzene ring substituents is 1. The lowest BCUT2D eigenvalue weighted by Crippen LogP contribution is -2.46. The van der Waals surface area contributed by atoms with Crippen LogP contribution >= 0.6 is 0 Å². The highest BCUT2D eigenvalue weighted by Crippen LogP contribution is 2.28. The number of non-ortho nitro benzene ring substituents is 1. The Hall–Kier alpha value is -4.02. The van der Waals surface area contributed by atoms with Crippen LogP contribution in [0.4, 0.5) is 14.9 Å². The van der Waals surface area contributed by atoms with E-state index in [-0.39, 0.29) is 17.9 Å². The quantitative estimate of drug-likeness (QED) is 0.260. The summed E-state index contributed by atoms with van der Waals surface area (Å²) >= 11 is 0. The van der Waals surface area contributed by atoms with Gasteiger partial charge in [0.05, 0.1) is 17.0 Å². The van der Waals surface area contributed by atoms with Crippen LogP contribution in [0.25, 0.3) is 0 Å². The number of carbonyl (C=O) groups is 3. The van der Waals surface area contributed by atoms with E-state index in [9.17, 15) is 24.5 Å². The molecule has 0 spiro atoms. The highest BCUT2D eigenvalue weighted by Gasteiger charge is 2.52. The van der Waals surface area contributed by atoms with Gasteiger partial charge in [-0.2, -0.15) is 0 Å². The summed E-state index contributed by atoms with van der Waals surface area (Å²) in [5, 5.41) is 10.8. The Morgan fingerprint density at radius 2 is 1.71 bits per heavy atom. The largest absolute Gasteiger partial charge is 0.459 e. The minimum Gasteiger partial charge on any atom is -0.459 e. The van der Waals surface area contributed by atoms with Crippen molar-refractivity contribution < 1.29 is 37.9 Å². The molecule has 0 N–H and O–H groups in total. The molecule has 1 amide bonds. The SMILES string of the molecule is CC(C)(C)OC(=O)N1C[C@H](OC(=O)c2ccc([N+](=O)[O-])cc2)[C@@H](F)[C@H]1C(=O)OCc1ccccc1. The van der Waals surface area contributed by atoms with Crippen LogP contribution in [-0.2, 0) is 25.6 Å². The average molecular weight is 488 g/mol. The molecule has 0 aromatic heterocycles. The molecule has 0 radical (unpaired) electrons. The van der Waals surface area contributed by atoms with E-state index in [4.69, 9.17) is 14.2 Å². The number of alkyl halides is 1. The number of likely N-dealkylation sites (tertiary alicyclic amines) is 1. The van der Waals surface area contributed by atoms with Gasteiger partial charge in [0, 0.05) is 12.1 Å². The molecule has 11 heteroatoms. The van der Waals surface area contributed by atoms with Crippen LogP contribution < -0.4 is 0 Å². The molecule has 2 aromatic carbocycles. The minimum atomic E-state index is -2.09. The molecule has 1 fully saturated rings. The molecule has 3 atom stereocenters. The summed E-state index contributed by atoms with van der Waals surface area (Å²) < 4.78 is 31.2. The first kappa shape index (κ1) is 25.6. The lowest BCUT2D eigenvalue weighted by atomic mass is 10.1. The van der Waals surface area contributed by atoms with Gasteiger partial charge in [0.25, 0.3) is 5.69 Å². The molecule has 1 saturated heterocycles. The Bertz CT molecular complexity index is 1080. The van der Waals surface area contributed by atoms with E-state index in [2.05, 4.69) is 0 Å². The van der Waals surface area contributed by atoms with Crippen LogP contribution in [0.15, 0.2) is 54.6 Å². The number of hydrogen-bond donors (Lipinski definition) is 0. The van der Waals surface area contributed by atoms with Crippen molar-refractivity contribution in [1.29, 1.82) is 0 Å². The summed E-state index contributed by atoms with van der Waals surface area (Å²) in [6.07, 6.45) is -4.54. The smallest absolute Gasteiger partial charge is 0.411 e. The highest BCUT2D eigenvalue weighted by molar-refractivity contribution is 5.90. The number of carbonyl (C=O) groups excluding carboxylic acids is 3. The predicted octanol–water partition coefficient (Wildman–Crippen LogP) is 3.82. The second-order valence-corrected chi connectivity index (χ2v) is 8.86. The van der Waals surface area contributed by atoms with Gasteiger partial charge in [-0.1, -0.05) is 30.3 Å². The van der Waals surface area contributed by atoms with Crippen LogP contribution in [0, 0.1) is 10.1 Å². The predicted molar refractivity (Wildman–Crippen MR) is 120 cm³/mol. The van der Waals surface area contributed by atoms with E-state index in [1.807, 2.05) is 0 Å². The monoisotopic (exact) mass is 488 g/mol. The van der Waals surface area contributed by atoms with Crippen molar-refractivity contribution in [3.05, 3.63) is 75.8 Å². The first-order valence-electron chi connectivity index (χ1n) is 10.8. The fourth-order valence-corrected chi connectivity index (χ4v) is 3.39. The van der Waals surface area contributed by atoms with E-state index >= 15 is 4.39 Å². The van der Waals surface area contributed by atoms with Gasteiger partial charge in [0.1, 0.15) is 12.2 Å². The maximum absolute atomic E-state index is 15.4. The van der Waals surface area contributed by atoms with Crippen molar-refractivity contribution in [1.82, 2.24) is 4.90 Å². The van der Waals surface area contributed by atoms with E-state index in [1.54, 1.807) is 51.1 Å². The van der Waals surface area contributed by atoms with Crippen LogP contribution in [0.2, 0.25) is 0 Å². The number of hydrogen-bond acceptors (Lipinski definition) is 8. The zero-order valence-electron chi connectivity index (χ0n) is 19.4. The Morgan fingerprint density at radius 1 is 1.09 bits per heavy atom. The molecule has 0 saturated carbocycles. The van der Waals surface area contributed by atoms with Gasteiger partial charge in [-0.25, -0.2) is 18.8 Å². The van der Waals surface area contributed by atoms with Gasteiger partial charge in [-0.3, -0.25) is 15.0 Å². The summed E-state index contributed by atoms with van der Waals surface area (Å²) in [6.45, 7) is 4.26. The Balaban J connectivity index is 1.76. The molecular formula is C24H25FN2O8. The normalized spacial score (nSPS) is 19.7. The molecule has 186 valence electrons. The minimum absolute atomic E-state index is 0.0540. The van der Waals surface area contributed by atoms with E-state index in [0.29, 0.717) is 5.56 Å². The van der Waals surface area contributed by atoms with Gasteiger partial charge in [-0.15, -0.1) is 0 Å². The number of halogens is 1. The molecule has 10 nitrogen and oxygen atoms in total. The molecule has 0 bridgehead atoms. The third kappa shape index (κ3) is 6.52. The molecule has 1 aliphatic heterocycles. The van der Waals surface area contributed by atoms with E-state index < -0.39 is 53.4 Å². The maximum atomic E-state index is 15.4. The summed E-state index contributed by atoms with van der Waals surface area (Å²) in [5.74, 6) is -1.98. The second kappa shape index (κ2) is 10.5. The topological polar surface area (TPSA) is 125 Å². The second-order valence-electron chi connectivity index (χ2n) is 8.86. The molecule has 0 unspecified atom stereocenters. The number of benzene rings is 2. The number of ether oxygens (including phenoxy) is 3. The van der Waals surface area contributed by atoms with Crippen molar-refractivity contribution in [2.75, 3.05) is 6.54 Å². The average Bonchev–Trinajstić information content (AvgIpc) is 3.13. The van der Waals surface area contributed by atoms with Gasteiger partial charge in [0.15, 0.2) is 18.3 Å². The Labute approximate surface area is 200 Å². The van der Waals surface area contributed by atoms with Gasteiger partial charge >= 0.3 is 18.0 Å². The molecule has 1 aliphatic rings. The van der Waals surface area contributed by atoms with Gasteiger partial charge in [0.2, 0.25) is 0 Å². The summed E-state index contributed by atoms with van der Waals surface area (Å²) in [6, 6.07) is 11.6. The first-order chi connectivity index (χ1) is 16.5. The number of amides is 1. The Morgan fingerprint density at radius 3 is 2.29 bits per heavy atom. The highest BCUT2D eigenvalue weighted by atomic mass is 19.1. The molecule has 3 rings (SSSR count). The van der Waals surface area contributed by atoms with Crippen LogP contribution in [0.1, 0.15) is 36.7 Å². The number of rotatable bonds is 6. The van der Waals surface area contributed by atoms with Crippen LogP contribution in [-0.4, -0.2) is 58.3 Å². The fourth-order valence-electron chi connectivity index (χ4n) is 3.39. The van der Waals surface area contributed by atoms with Crippen molar-refractivity contribution in [2.45, 2.75) is 51.3 Å². The van der Waals surface area contributed by atoms with Crippen molar-refractivity contribution in [3.8, 4) is 0 Å². The zero-order chi connectivity index (χ0) is 25.8. The molecule has 2 aromatic rings. The fraction of sp³-hybridized carbons (Fsp3) is 0.375.